The van der Waals surface area contributed by atoms with Crippen molar-refractivity contribution in [1.82, 2.24) is 0 Å². The van der Waals surface area contributed by atoms with Gasteiger partial charge in [0.2, 0.25) is 5.90 Å². The normalized spacial score (nSPS) is 20.4. The lowest BCUT2D eigenvalue weighted by atomic mass is 10.2. The molecule has 2 aliphatic rings. The maximum atomic E-state index is 6.02. The highest BCUT2D eigenvalue weighted by atomic mass is 35.5. The monoisotopic (exact) mass is 280 g/mol. The number of hydrogen-bond acceptors (Lipinski definition) is 5. The Bertz CT molecular complexity index is 621. The Labute approximate surface area is 113 Å². The van der Waals surface area contributed by atoms with Crippen LogP contribution in [0.2, 0.25) is 10.0 Å². The molecule has 0 amide bonds. The first-order valence-electron chi connectivity index (χ1n) is 5.06. The van der Waals surface area contributed by atoms with Crippen LogP contribution in [-0.4, -0.2) is 30.5 Å². The molecule has 0 aliphatic carbocycles. The molecule has 18 heavy (non-hydrogen) atoms. The molecule has 0 bridgehead atoms. The SMILES string of the molecule is Clc1ccc(OC2=NC=NC3=NC=NC32)c(Cl)c1. The third-order valence-corrected chi connectivity index (χ3v) is 2.90. The smallest absolute Gasteiger partial charge is 0.229 e. The van der Waals surface area contributed by atoms with Crippen LogP contribution in [0.25, 0.3) is 0 Å². The van der Waals surface area contributed by atoms with Crippen LogP contribution in [0.4, 0.5) is 0 Å². The largest absolute Gasteiger partial charge is 0.438 e. The summed E-state index contributed by atoms with van der Waals surface area (Å²) in [5.74, 6) is 1.42. The van der Waals surface area contributed by atoms with Crippen LogP contribution in [0.5, 0.6) is 5.75 Å². The number of rotatable bonds is 1. The second-order valence-electron chi connectivity index (χ2n) is 3.54. The van der Waals surface area contributed by atoms with Gasteiger partial charge in [0.05, 0.1) is 5.02 Å². The second kappa shape index (κ2) is 4.51. The zero-order valence-corrected chi connectivity index (χ0v) is 10.4. The second-order valence-corrected chi connectivity index (χ2v) is 4.39. The fraction of sp³-hybridized carbons (Fsp3) is 0.0909. The van der Waals surface area contributed by atoms with Crippen molar-refractivity contribution >= 4 is 47.6 Å². The van der Waals surface area contributed by atoms with E-state index in [0.29, 0.717) is 27.5 Å². The Kier molecular flexibility index (Phi) is 2.85. The molecule has 0 fully saturated rings. The van der Waals surface area contributed by atoms with Gasteiger partial charge in [0, 0.05) is 5.02 Å². The van der Waals surface area contributed by atoms with Crippen LogP contribution in [0.3, 0.4) is 0 Å². The number of halogens is 2. The molecule has 0 saturated heterocycles. The van der Waals surface area contributed by atoms with Crippen LogP contribution in [-0.2, 0) is 0 Å². The number of benzene rings is 1. The number of nitrogens with zero attached hydrogens (tertiary/aromatic N) is 4. The zero-order valence-electron chi connectivity index (χ0n) is 8.92. The van der Waals surface area contributed by atoms with Gasteiger partial charge in [0.25, 0.3) is 0 Å². The lowest BCUT2D eigenvalue weighted by molar-refractivity contribution is 0.534. The Hall–Kier alpha value is -1.72. The molecule has 0 N–H and O–H groups in total. The first-order chi connectivity index (χ1) is 8.74. The molecule has 0 aromatic heterocycles. The zero-order chi connectivity index (χ0) is 12.5. The van der Waals surface area contributed by atoms with Gasteiger partial charge in [-0.15, -0.1) is 0 Å². The highest BCUT2D eigenvalue weighted by molar-refractivity contribution is 6.35. The minimum Gasteiger partial charge on any atom is -0.438 e. The first kappa shape index (κ1) is 11.4. The average molecular weight is 281 g/mol. The lowest BCUT2D eigenvalue weighted by Gasteiger charge is -2.15. The van der Waals surface area contributed by atoms with E-state index in [4.69, 9.17) is 27.9 Å². The Morgan fingerprint density at radius 2 is 2.00 bits per heavy atom. The molecule has 2 aliphatic heterocycles. The van der Waals surface area contributed by atoms with E-state index in [1.54, 1.807) is 18.2 Å². The number of aliphatic imine (C=N–C) groups is 4. The van der Waals surface area contributed by atoms with Gasteiger partial charge in [0.1, 0.15) is 18.4 Å². The van der Waals surface area contributed by atoms with E-state index in [9.17, 15) is 0 Å². The Balaban J connectivity index is 1.88. The van der Waals surface area contributed by atoms with Gasteiger partial charge in [-0.05, 0) is 18.2 Å². The highest BCUT2D eigenvalue weighted by Crippen LogP contribution is 2.28. The predicted molar refractivity (Wildman–Crippen MR) is 72.7 cm³/mol. The van der Waals surface area contributed by atoms with Gasteiger partial charge in [-0.25, -0.2) is 15.0 Å². The topological polar surface area (TPSA) is 58.7 Å². The maximum Gasteiger partial charge on any atom is 0.229 e. The molecule has 1 aromatic rings. The highest BCUT2D eigenvalue weighted by Gasteiger charge is 2.28. The quantitative estimate of drug-likeness (QED) is 0.780. The van der Waals surface area contributed by atoms with E-state index in [2.05, 4.69) is 20.0 Å². The first-order valence-corrected chi connectivity index (χ1v) is 5.82. The number of ether oxygens (including phenoxy) is 1. The van der Waals surface area contributed by atoms with E-state index < -0.39 is 0 Å². The van der Waals surface area contributed by atoms with Crippen molar-refractivity contribution in [2.45, 2.75) is 6.04 Å². The van der Waals surface area contributed by atoms with Gasteiger partial charge in [-0.2, -0.15) is 0 Å². The molecule has 1 atom stereocenters. The molecular weight excluding hydrogens is 275 g/mol. The van der Waals surface area contributed by atoms with Crippen molar-refractivity contribution in [3.63, 3.8) is 0 Å². The molecule has 1 aromatic carbocycles. The summed E-state index contributed by atoms with van der Waals surface area (Å²) in [6.45, 7) is 0. The van der Waals surface area contributed by atoms with Crippen LogP contribution < -0.4 is 4.74 Å². The predicted octanol–water partition coefficient (Wildman–Crippen LogP) is 2.62. The van der Waals surface area contributed by atoms with Crippen molar-refractivity contribution in [2.24, 2.45) is 20.0 Å². The number of fused-ring (bicyclic) bond motifs is 1. The summed E-state index contributed by atoms with van der Waals surface area (Å²) in [5, 5.41) is 0.953. The summed E-state index contributed by atoms with van der Waals surface area (Å²) in [7, 11) is 0. The molecule has 1 unspecified atom stereocenters. The summed E-state index contributed by atoms with van der Waals surface area (Å²) in [5.41, 5.74) is 0. The third kappa shape index (κ3) is 2.02. The third-order valence-electron chi connectivity index (χ3n) is 2.37. The summed E-state index contributed by atoms with van der Waals surface area (Å²) in [4.78, 5) is 16.2. The van der Waals surface area contributed by atoms with E-state index in [1.807, 2.05) is 0 Å². The summed E-state index contributed by atoms with van der Waals surface area (Å²) >= 11 is 11.8. The Morgan fingerprint density at radius 1 is 1.11 bits per heavy atom. The minimum atomic E-state index is -0.387. The standard InChI is InChI=1S/C11H6Cl2N4O/c12-6-1-2-8(7(13)3-6)18-11-9-10(15-4-14-9)16-5-17-11/h1-5,9H. The average Bonchev–Trinajstić information content (AvgIpc) is 2.82. The van der Waals surface area contributed by atoms with Crippen LogP contribution >= 0.6 is 23.2 Å². The molecule has 7 heteroatoms. The molecule has 0 saturated carbocycles. The fourth-order valence-electron chi connectivity index (χ4n) is 1.54. The van der Waals surface area contributed by atoms with Crippen LogP contribution in [0.15, 0.2) is 38.2 Å². The van der Waals surface area contributed by atoms with Crippen molar-refractivity contribution in [1.29, 1.82) is 0 Å². The van der Waals surface area contributed by atoms with Gasteiger partial charge in [0.15, 0.2) is 11.9 Å². The fourth-order valence-corrected chi connectivity index (χ4v) is 1.99. The van der Waals surface area contributed by atoms with Crippen molar-refractivity contribution in [2.75, 3.05) is 0 Å². The molecular formula is C11H6Cl2N4O. The number of hydrogen-bond donors (Lipinski definition) is 0. The molecule has 90 valence electrons. The van der Waals surface area contributed by atoms with Gasteiger partial charge >= 0.3 is 0 Å². The summed E-state index contributed by atoms with van der Waals surface area (Å²) in [6.07, 6.45) is 2.81. The number of amidine groups is 1. The molecule has 5 nitrogen and oxygen atoms in total. The summed E-state index contributed by atoms with van der Waals surface area (Å²) < 4.78 is 5.63. The lowest BCUT2D eigenvalue weighted by Crippen LogP contribution is -2.32. The van der Waals surface area contributed by atoms with Gasteiger partial charge < -0.3 is 4.74 Å². The van der Waals surface area contributed by atoms with E-state index in [0.717, 1.165) is 0 Å². The van der Waals surface area contributed by atoms with Crippen LogP contribution in [0.1, 0.15) is 0 Å². The van der Waals surface area contributed by atoms with Gasteiger partial charge in [-0.1, -0.05) is 23.2 Å². The molecule has 2 heterocycles. The van der Waals surface area contributed by atoms with Gasteiger partial charge in [-0.3, -0.25) is 4.99 Å². The minimum absolute atomic E-state index is 0.387. The van der Waals surface area contributed by atoms with Crippen molar-refractivity contribution in [3.8, 4) is 5.75 Å². The molecule has 3 rings (SSSR count). The van der Waals surface area contributed by atoms with Crippen LogP contribution in [0, 0.1) is 0 Å². The molecule has 0 spiro atoms. The van der Waals surface area contributed by atoms with E-state index in [1.165, 1.54) is 12.7 Å². The van der Waals surface area contributed by atoms with Crippen molar-refractivity contribution < 1.29 is 4.74 Å². The van der Waals surface area contributed by atoms with Crippen molar-refractivity contribution in [3.05, 3.63) is 28.2 Å². The molecule has 0 radical (unpaired) electrons. The summed E-state index contributed by atoms with van der Waals surface area (Å²) in [6, 6.07) is 4.58. The Morgan fingerprint density at radius 3 is 2.83 bits per heavy atom. The maximum absolute atomic E-state index is 6.02. The van der Waals surface area contributed by atoms with E-state index in [-0.39, 0.29) is 6.04 Å². The van der Waals surface area contributed by atoms with E-state index >= 15 is 0 Å².